The van der Waals surface area contributed by atoms with Crippen molar-refractivity contribution in [2.75, 3.05) is 25.1 Å². The molecule has 3 heteroatoms. The van der Waals surface area contributed by atoms with Gasteiger partial charge >= 0.3 is 0 Å². The van der Waals surface area contributed by atoms with Crippen molar-refractivity contribution in [3.05, 3.63) is 0 Å². The summed E-state index contributed by atoms with van der Waals surface area (Å²) in [5, 5.41) is 9.08. The molecule has 0 spiro atoms. The molecule has 0 aromatic heterocycles. The predicted octanol–water partition coefficient (Wildman–Crippen LogP) is -0.0166. The monoisotopic (exact) mass is 133 g/mol. The van der Waals surface area contributed by atoms with Gasteiger partial charge < -0.3 is 5.11 Å². The molecule has 0 bridgehead atoms. The molecule has 1 heterocycles. The van der Waals surface area contributed by atoms with E-state index in [-0.39, 0.29) is 6.23 Å². The van der Waals surface area contributed by atoms with Gasteiger partial charge in [0.05, 0.1) is 0 Å². The molecule has 0 radical (unpaired) electrons. The van der Waals surface area contributed by atoms with Gasteiger partial charge in [-0.3, -0.25) is 4.90 Å². The molecule has 1 fully saturated rings. The Labute approximate surface area is 53.9 Å². The standard InChI is InChI=1S/C5H11NOS/c1-6-2-3-8-4-5(6)7/h5,7H,2-4H2,1H3. The highest BCUT2D eigenvalue weighted by atomic mass is 32.2. The van der Waals surface area contributed by atoms with Crippen LogP contribution in [-0.4, -0.2) is 41.3 Å². The van der Waals surface area contributed by atoms with Crippen molar-refractivity contribution in [3.8, 4) is 0 Å². The van der Waals surface area contributed by atoms with Crippen LogP contribution in [0.4, 0.5) is 0 Å². The Kier molecular flexibility index (Phi) is 2.16. The summed E-state index contributed by atoms with van der Waals surface area (Å²) in [4.78, 5) is 1.97. The van der Waals surface area contributed by atoms with Crippen LogP contribution >= 0.6 is 11.8 Å². The maximum Gasteiger partial charge on any atom is 0.116 e. The first kappa shape index (κ1) is 6.39. The van der Waals surface area contributed by atoms with E-state index in [4.69, 9.17) is 5.11 Å². The van der Waals surface area contributed by atoms with Crippen molar-refractivity contribution in [3.63, 3.8) is 0 Å². The van der Waals surface area contributed by atoms with Crippen LogP contribution in [0.5, 0.6) is 0 Å². The van der Waals surface area contributed by atoms with Crippen LogP contribution in [0.1, 0.15) is 0 Å². The Bertz CT molecular complexity index is 68.8. The first-order chi connectivity index (χ1) is 3.80. The average Bonchev–Trinajstić information content (AvgIpc) is 1.77. The normalized spacial score (nSPS) is 33.0. The largest absolute Gasteiger partial charge is 0.378 e. The summed E-state index contributed by atoms with van der Waals surface area (Å²) in [7, 11) is 1.95. The van der Waals surface area contributed by atoms with Crippen LogP contribution in [0.2, 0.25) is 0 Å². The third-order valence-corrected chi connectivity index (χ3v) is 2.37. The molecule has 0 aliphatic carbocycles. The minimum Gasteiger partial charge on any atom is -0.378 e. The maximum absolute atomic E-state index is 9.08. The zero-order valence-electron chi connectivity index (χ0n) is 5.00. The fourth-order valence-electron chi connectivity index (χ4n) is 0.674. The summed E-state index contributed by atoms with van der Waals surface area (Å²) in [6.07, 6.45) is -0.200. The lowest BCUT2D eigenvalue weighted by molar-refractivity contribution is 0.0432. The molecule has 1 saturated heterocycles. The van der Waals surface area contributed by atoms with Crippen molar-refractivity contribution in [1.82, 2.24) is 4.90 Å². The van der Waals surface area contributed by atoms with Crippen LogP contribution in [-0.2, 0) is 0 Å². The highest BCUT2D eigenvalue weighted by Crippen LogP contribution is 2.11. The second kappa shape index (κ2) is 2.71. The quantitative estimate of drug-likeness (QED) is 0.502. The minimum atomic E-state index is -0.200. The maximum atomic E-state index is 9.08. The van der Waals surface area contributed by atoms with Crippen LogP contribution in [0.15, 0.2) is 0 Å². The van der Waals surface area contributed by atoms with Crippen LogP contribution < -0.4 is 0 Å². The molecule has 0 saturated carbocycles. The number of aliphatic hydroxyl groups excluding tert-OH is 1. The van der Waals surface area contributed by atoms with E-state index in [9.17, 15) is 0 Å². The number of hydrogen-bond donors (Lipinski definition) is 1. The molecule has 1 aliphatic heterocycles. The summed E-state index contributed by atoms with van der Waals surface area (Å²) in [6.45, 7) is 1.02. The number of nitrogens with zero attached hydrogens (tertiary/aromatic N) is 1. The summed E-state index contributed by atoms with van der Waals surface area (Å²) < 4.78 is 0. The van der Waals surface area contributed by atoms with E-state index in [1.165, 1.54) is 0 Å². The topological polar surface area (TPSA) is 23.5 Å². The predicted molar refractivity (Wildman–Crippen MR) is 36.0 cm³/mol. The fourth-order valence-corrected chi connectivity index (χ4v) is 1.72. The second-order valence-corrected chi connectivity index (χ2v) is 3.19. The van der Waals surface area contributed by atoms with Crippen molar-refractivity contribution in [2.45, 2.75) is 6.23 Å². The average molecular weight is 133 g/mol. The Morgan fingerprint density at radius 3 is 2.88 bits per heavy atom. The summed E-state index contributed by atoms with van der Waals surface area (Å²) in [5.74, 6) is 2.03. The van der Waals surface area contributed by atoms with E-state index in [0.717, 1.165) is 18.1 Å². The van der Waals surface area contributed by atoms with E-state index in [1.54, 1.807) is 0 Å². The Hall–Kier alpha value is 0.270. The third-order valence-electron chi connectivity index (χ3n) is 1.36. The van der Waals surface area contributed by atoms with Gasteiger partial charge in [0.1, 0.15) is 6.23 Å². The fraction of sp³-hybridized carbons (Fsp3) is 1.00. The molecule has 1 atom stereocenters. The van der Waals surface area contributed by atoms with Gasteiger partial charge in [-0.15, -0.1) is 0 Å². The highest BCUT2D eigenvalue weighted by molar-refractivity contribution is 7.99. The molecule has 2 nitrogen and oxygen atoms in total. The summed E-state index contributed by atoms with van der Waals surface area (Å²) in [5.41, 5.74) is 0. The van der Waals surface area contributed by atoms with Crippen LogP contribution in [0, 0.1) is 0 Å². The molecular formula is C5H11NOS. The first-order valence-corrected chi connectivity index (χ1v) is 3.92. The number of rotatable bonds is 0. The molecule has 1 rings (SSSR count). The highest BCUT2D eigenvalue weighted by Gasteiger charge is 2.14. The van der Waals surface area contributed by atoms with E-state index < -0.39 is 0 Å². The van der Waals surface area contributed by atoms with Gasteiger partial charge in [0.15, 0.2) is 0 Å². The molecule has 0 aromatic carbocycles. The Balaban J connectivity index is 2.28. The van der Waals surface area contributed by atoms with Crippen molar-refractivity contribution in [2.24, 2.45) is 0 Å². The summed E-state index contributed by atoms with van der Waals surface area (Å²) >= 11 is 1.82. The van der Waals surface area contributed by atoms with Gasteiger partial charge in [-0.05, 0) is 7.05 Å². The third kappa shape index (κ3) is 1.37. The van der Waals surface area contributed by atoms with Gasteiger partial charge in [0.2, 0.25) is 0 Å². The van der Waals surface area contributed by atoms with Gasteiger partial charge in [0.25, 0.3) is 0 Å². The van der Waals surface area contributed by atoms with E-state index in [1.807, 2.05) is 23.7 Å². The van der Waals surface area contributed by atoms with Crippen molar-refractivity contribution >= 4 is 11.8 Å². The zero-order chi connectivity index (χ0) is 5.98. The van der Waals surface area contributed by atoms with E-state index >= 15 is 0 Å². The SMILES string of the molecule is CN1CCSCC1O. The lowest BCUT2D eigenvalue weighted by atomic mass is 10.5. The molecule has 1 N–H and O–H groups in total. The lowest BCUT2D eigenvalue weighted by Gasteiger charge is -2.27. The second-order valence-electron chi connectivity index (χ2n) is 2.04. The summed E-state index contributed by atoms with van der Waals surface area (Å²) in [6, 6.07) is 0. The lowest BCUT2D eigenvalue weighted by Crippen LogP contribution is -2.38. The van der Waals surface area contributed by atoms with Crippen LogP contribution in [0.25, 0.3) is 0 Å². The number of aliphatic hydroxyl groups is 1. The van der Waals surface area contributed by atoms with Crippen LogP contribution in [0.3, 0.4) is 0 Å². The number of thioether (sulfide) groups is 1. The van der Waals surface area contributed by atoms with E-state index in [0.29, 0.717) is 0 Å². The smallest absolute Gasteiger partial charge is 0.116 e. The number of hydrogen-bond acceptors (Lipinski definition) is 3. The zero-order valence-corrected chi connectivity index (χ0v) is 5.82. The van der Waals surface area contributed by atoms with Gasteiger partial charge in [-0.1, -0.05) is 0 Å². The molecule has 1 aliphatic rings. The van der Waals surface area contributed by atoms with Gasteiger partial charge in [-0.2, -0.15) is 11.8 Å². The molecule has 48 valence electrons. The molecule has 0 amide bonds. The van der Waals surface area contributed by atoms with Gasteiger partial charge in [0, 0.05) is 18.1 Å². The minimum absolute atomic E-state index is 0.200. The Morgan fingerprint density at radius 1 is 1.75 bits per heavy atom. The molecule has 0 aromatic rings. The molecular weight excluding hydrogens is 122 g/mol. The first-order valence-electron chi connectivity index (χ1n) is 2.77. The molecule has 1 unspecified atom stereocenters. The van der Waals surface area contributed by atoms with Gasteiger partial charge in [-0.25, -0.2) is 0 Å². The molecule has 8 heavy (non-hydrogen) atoms. The van der Waals surface area contributed by atoms with Crippen molar-refractivity contribution in [1.29, 1.82) is 0 Å². The van der Waals surface area contributed by atoms with Crippen molar-refractivity contribution < 1.29 is 5.11 Å². The van der Waals surface area contributed by atoms with E-state index in [2.05, 4.69) is 0 Å². The Morgan fingerprint density at radius 2 is 2.50 bits per heavy atom.